The van der Waals surface area contributed by atoms with Crippen molar-refractivity contribution in [1.82, 2.24) is 0 Å². The molecule has 16 heavy (non-hydrogen) atoms. The highest BCUT2D eigenvalue weighted by Gasteiger charge is 2.42. The first-order valence-electron chi connectivity index (χ1n) is 5.52. The van der Waals surface area contributed by atoms with Crippen LogP contribution in [0.3, 0.4) is 0 Å². The maximum Gasteiger partial charge on any atom is 0.300 e. The normalized spacial score (nSPS) is 19.7. The van der Waals surface area contributed by atoms with Crippen LogP contribution in [0.4, 0.5) is 0 Å². The van der Waals surface area contributed by atoms with Gasteiger partial charge in [-0.05, 0) is 18.3 Å². The fourth-order valence-corrected chi connectivity index (χ4v) is 1.69. The molecule has 0 spiro atoms. The Balaban J connectivity index is 0.000000487. The van der Waals surface area contributed by atoms with Crippen molar-refractivity contribution in [3.63, 3.8) is 0 Å². The van der Waals surface area contributed by atoms with Crippen molar-refractivity contribution in [2.24, 2.45) is 5.41 Å². The van der Waals surface area contributed by atoms with E-state index >= 15 is 0 Å². The standard InChI is InChI=1S/C10H18O2.C2H4O2/c1-9(2,3)10(12)6-4-8(11)5-7-10;1-2(3)4/h12H,4-7H2,1-3H3;1H3,(H,3,4). The Morgan fingerprint density at radius 3 is 1.81 bits per heavy atom. The largest absolute Gasteiger partial charge is 0.481 e. The average Bonchev–Trinajstić information content (AvgIpc) is 2.07. The van der Waals surface area contributed by atoms with Gasteiger partial charge in [-0.2, -0.15) is 0 Å². The van der Waals surface area contributed by atoms with Gasteiger partial charge >= 0.3 is 0 Å². The summed E-state index contributed by atoms with van der Waals surface area (Å²) < 4.78 is 0. The minimum absolute atomic E-state index is 0.103. The van der Waals surface area contributed by atoms with Gasteiger partial charge in [0.1, 0.15) is 5.78 Å². The van der Waals surface area contributed by atoms with Crippen LogP contribution < -0.4 is 0 Å². The lowest BCUT2D eigenvalue weighted by Crippen LogP contribution is -2.45. The number of carbonyl (C=O) groups is 2. The van der Waals surface area contributed by atoms with Crippen LogP contribution in [0.2, 0.25) is 0 Å². The molecule has 0 amide bonds. The number of hydrogen-bond acceptors (Lipinski definition) is 3. The molecule has 0 aromatic heterocycles. The van der Waals surface area contributed by atoms with Crippen LogP contribution >= 0.6 is 0 Å². The van der Waals surface area contributed by atoms with Crippen LogP contribution in [0.1, 0.15) is 53.4 Å². The summed E-state index contributed by atoms with van der Waals surface area (Å²) in [5.41, 5.74) is -0.728. The number of aliphatic carboxylic acids is 1. The third-order valence-corrected chi connectivity index (χ3v) is 3.03. The fourth-order valence-electron chi connectivity index (χ4n) is 1.69. The topological polar surface area (TPSA) is 74.6 Å². The Kier molecular flexibility index (Phi) is 5.13. The summed E-state index contributed by atoms with van der Waals surface area (Å²) >= 11 is 0. The maximum absolute atomic E-state index is 11.0. The molecule has 0 atom stereocenters. The zero-order valence-corrected chi connectivity index (χ0v) is 10.5. The van der Waals surface area contributed by atoms with E-state index in [1.807, 2.05) is 20.8 Å². The highest BCUT2D eigenvalue weighted by Crippen LogP contribution is 2.40. The molecule has 0 radical (unpaired) electrons. The van der Waals surface area contributed by atoms with Gasteiger partial charge in [-0.15, -0.1) is 0 Å². The first-order valence-corrected chi connectivity index (χ1v) is 5.52. The number of ketones is 1. The first kappa shape index (κ1) is 15.1. The summed E-state index contributed by atoms with van der Waals surface area (Å²) in [7, 11) is 0. The third kappa shape index (κ3) is 4.75. The van der Waals surface area contributed by atoms with Crippen molar-refractivity contribution in [3.05, 3.63) is 0 Å². The number of carboxylic acid groups (broad SMARTS) is 1. The van der Waals surface area contributed by atoms with Crippen molar-refractivity contribution >= 4 is 11.8 Å². The van der Waals surface area contributed by atoms with E-state index in [1.165, 1.54) is 0 Å². The van der Waals surface area contributed by atoms with Gasteiger partial charge in [-0.25, -0.2) is 0 Å². The fraction of sp³-hybridized carbons (Fsp3) is 0.833. The van der Waals surface area contributed by atoms with Gasteiger partial charge in [0.05, 0.1) is 5.60 Å². The van der Waals surface area contributed by atoms with E-state index in [2.05, 4.69) is 0 Å². The number of carboxylic acids is 1. The molecule has 0 aliphatic heterocycles. The number of carbonyl (C=O) groups excluding carboxylic acids is 1. The Hall–Kier alpha value is -0.900. The van der Waals surface area contributed by atoms with Gasteiger partial charge < -0.3 is 10.2 Å². The Morgan fingerprint density at radius 1 is 1.25 bits per heavy atom. The van der Waals surface area contributed by atoms with E-state index in [4.69, 9.17) is 9.90 Å². The third-order valence-electron chi connectivity index (χ3n) is 3.03. The van der Waals surface area contributed by atoms with E-state index in [0.29, 0.717) is 31.5 Å². The van der Waals surface area contributed by atoms with E-state index in [1.54, 1.807) is 0 Å². The zero-order valence-electron chi connectivity index (χ0n) is 10.5. The Morgan fingerprint density at radius 2 is 1.56 bits per heavy atom. The van der Waals surface area contributed by atoms with Crippen molar-refractivity contribution in [2.45, 2.75) is 59.0 Å². The summed E-state index contributed by atoms with van der Waals surface area (Å²) in [6.07, 6.45) is 2.37. The van der Waals surface area contributed by atoms with Crippen molar-refractivity contribution in [2.75, 3.05) is 0 Å². The molecule has 94 valence electrons. The molecule has 0 aromatic rings. The van der Waals surface area contributed by atoms with Crippen LogP contribution in [-0.2, 0) is 9.59 Å². The second-order valence-electron chi connectivity index (χ2n) is 5.34. The van der Waals surface area contributed by atoms with Gasteiger partial charge in [0.25, 0.3) is 5.97 Å². The lowest BCUT2D eigenvalue weighted by molar-refractivity contribution is -0.134. The van der Waals surface area contributed by atoms with E-state index in [0.717, 1.165) is 6.92 Å². The maximum atomic E-state index is 11.0. The Bertz CT molecular complexity index is 249. The van der Waals surface area contributed by atoms with E-state index in [9.17, 15) is 9.90 Å². The molecule has 0 heterocycles. The molecule has 4 heteroatoms. The minimum atomic E-state index is -0.833. The zero-order chi connectivity index (χ0) is 13.0. The molecule has 1 fully saturated rings. The molecule has 0 unspecified atom stereocenters. The highest BCUT2D eigenvalue weighted by atomic mass is 16.4. The molecule has 4 nitrogen and oxygen atoms in total. The summed E-state index contributed by atoms with van der Waals surface area (Å²) in [6, 6.07) is 0. The van der Waals surface area contributed by atoms with Crippen LogP contribution in [0, 0.1) is 5.41 Å². The SMILES string of the molecule is CC(=O)O.CC(C)(C)C1(O)CCC(=O)CC1. The summed E-state index contributed by atoms with van der Waals surface area (Å²) in [4.78, 5) is 20.0. The molecule has 2 N–H and O–H groups in total. The number of aliphatic hydroxyl groups is 1. The van der Waals surface area contributed by atoms with Gasteiger partial charge in [0.15, 0.2) is 0 Å². The van der Waals surface area contributed by atoms with Crippen LogP contribution in [0.25, 0.3) is 0 Å². The molecule has 0 bridgehead atoms. The van der Waals surface area contributed by atoms with E-state index in [-0.39, 0.29) is 5.41 Å². The van der Waals surface area contributed by atoms with Gasteiger partial charge in [0.2, 0.25) is 0 Å². The molecule has 1 aliphatic carbocycles. The molecular weight excluding hydrogens is 208 g/mol. The predicted molar refractivity (Wildman–Crippen MR) is 61.2 cm³/mol. The lowest BCUT2D eigenvalue weighted by Gasteiger charge is -2.42. The van der Waals surface area contributed by atoms with Crippen LogP contribution in [0.15, 0.2) is 0 Å². The van der Waals surface area contributed by atoms with Crippen LogP contribution in [0.5, 0.6) is 0 Å². The number of hydrogen-bond donors (Lipinski definition) is 2. The average molecular weight is 230 g/mol. The smallest absolute Gasteiger partial charge is 0.300 e. The minimum Gasteiger partial charge on any atom is -0.481 e. The number of rotatable bonds is 0. The summed E-state index contributed by atoms with van der Waals surface area (Å²) in [5.74, 6) is -0.538. The van der Waals surface area contributed by atoms with Gasteiger partial charge in [-0.3, -0.25) is 9.59 Å². The highest BCUT2D eigenvalue weighted by molar-refractivity contribution is 5.79. The van der Waals surface area contributed by atoms with Gasteiger partial charge in [0, 0.05) is 19.8 Å². The lowest BCUT2D eigenvalue weighted by atomic mass is 9.68. The van der Waals surface area contributed by atoms with Crippen LogP contribution in [-0.4, -0.2) is 27.6 Å². The first-order chi connectivity index (χ1) is 7.08. The molecule has 1 aliphatic rings. The monoisotopic (exact) mass is 230 g/mol. The second-order valence-corrected chi connectivity index (χ2v) is 5.34. The van der Waals surface area contributed by atoms with E-state index < -0.39 is 11.6 Å². The predicted octanol–water partition coefficient (Wildman–Crippen LogP) is 2.00. The summed E-state index contributed by atoms with van der Waals surface area (Å²) in [5, 5.41) is 17.6. The van der Waals surface area contributed by atoms with Crippen molar-refractivity contribution in [1.29, 1.82) is 0 Å². The number of Topliss-reactive ketones (excluding diaryl/α,β-unsaturated/α-hetero) is 1. The van der Waals surface area contributed by atoms with Crippen molar-refractivity contribution < 1.29 is 19.8 Å². The molecule has 1 saturated carbocycles. The second kappa shape index (κ2) is 5.43. The molecular formula is C12H22O4. The Labute approximate surface area is 96.7 Å². The molecule has 1 rings (SSSR count). The summed E-state index contributed by atoms with van der Waals surface area (Å²) in [6.45, 7) is 7.17. The molecule has 0 aromatic carbocycles. The quantitative estimate of drug-likeness (QED) is 0.667. The van der Waals surface area contributed by atoms with Crippen molar-refractivity contribution in [3.8, 4) is 0 Å². The molecule has 0 saturated heterocycles. The van der Waals surface area contributed by atoms with Gasteiger partial charge in [-0.1, -0.05) is 20.8 Å².